The van der Waals surface area contributed by atoms with Crippen LogP contribution >= 0.6 is 0 Å². The summed E-state index contributed by atoms with van der Waals surface area (Å²) in [5.41, 5.74) is 5.42. The van der Waals surface area contributed by atoms with Gasteiger partial charge in [0, 0.05) is 11.8 Å². The van der Waals surface area contributed by atoms with Gasteiger partial charge in [-0.25, -0.2) is 9.18 Å². The van der Waals surface area contributed by atoms with E-state index in [4.69, 9.17) is 14.6 Å². The molecule has 6 heteroatoms. The molecular formula is C29H24FNO4. The number of aliphatic carboxylic acids is 1. The first-order valence-electron chi connectivity index (χ1n) is 11.1. The zero-order chi connectivity index (χ0) is 24.6. The van der Waals surface area contributed by atoms with Crippen molar-refractivity contribution in [1.82, 2.24) is 4.98 Å². The molecule has 1 N–H and O–H groups in total. The van der Waals surface area contributed by atoms with Gasteiger partial charge in [0.1, 0.15) is 23.9 Å². The van der Waals surface area contributed by atoms with Crippen molar-refractivity contribution in [1.29, 1.82) is 0 Å². The van der Waals surface area contributed by atoms with Gasteiger partial charge in [0.25, 0.3) is 0 Å². The Morgan fingerprint density at radius 1 is 0.943 bits per heavy atom. The topological polar surface area (TPSA) is 68.7 Å². The summed E-state index contributed by atoms with van der Waals surface area (Å²) in [6.45, 7) is 1.71. The maximum atomic E-state index is 13.5. The summed E-state index contributed by atoms with van der Waals surface area (Å²) in [6.07, 6.45) is 3.71. The molecule has 1 aromatic heterocycles. The third-order valence-electron chi connectivity index (χ3n) is 5.35. The van der Waals surface area contributed by atoms with Crippen molar-refractivity contribution < 1.29 is 23.8 Å². The van der Waals surface area contributed by atoms with E-state index in [2.05, 4.69) is 4.98 Å². The summed E-state index contributed by atoms with van der Waals surface area (Å²) >= 11 is 0. The second kappa shape index (κ2) is 11.1. The van der Waals surface area contributed by atoms with Crippen LogP contribution in [0.5, 0.6) is 11.5 Å². The van der Waals surface area contributed by atoms with Gasteiger partial charge in [-0.3, -0.25) is 4.98 Å². The van der Waals surface area contributed by atoms with E-state index in [1.54, 1.807) is 36.5 Å². The number of hydrogen-bond acceptors (Lipinski definition) is 4. The summed E-state index contributed by atoms with van der Waals surface area (Å²) in [5.74, 6) is -0.201. The first-order chi connectivity index (χ1) is 17.0. The second-order valence-corrected chi connectivity index (χ2v) is 7.84. The molecule has 0 saturated heterocycles. The normalized spacial score (nSPS) is 11.2. The number of carbonyl (C=O) groups is 1. The van der Waals surface area contributed by atoms with Crippen LogP contribution in [0.15, 0.2) is 97.2 Å². The highest BCUT2D eigenvalue weighted by molar-refractivity contribution is 5.81. The van der Waals surface area contributed by atoms with E-state index < -0.39 is 12.6 Å². The Labute approximate surface area is 203 Å². The fourth-order valence-electron chi connectivity index (χ4n) is 3.62. The molecule has 0 spiro atoms. The molecule has 0 aliphatic rings. The highest BCUT2D eigenvalue weighted by atomic mass is 19.1. The molecular weight excluding hydrogens is 445 g/mol. The number of aryl methyl sites for hydroxylation is 1. The standard InChI is InChI=1S/C29H24FNO4/c1-20-18-25(13-14-28(20)35-19-29(32)33)34-17-15-26(22-9-11-24(30)12-10-22)21-5-7-23(8-6-21)27-4-2-3-16-31-27/h2-16,18H,17,19H2,1H3,(H,32,33)/b26-15+. The summed E-state index contributed by atoms with van der Waals surface area (Å²) in [6, 6.07) is 25.4. The van der Waals surface area contributed by atoms with Crippen molar-refractivity contribution in [2.24, 2.45) is 0 Å². The minimum atomic E-state index is -1.03. The Kier molecular flexibility index (Phi) is 7.53. The van der Waals surface area contributed by atoms with Crippen LogP contribution in [0.25, 0.3) is 16.8 Å². The van der Waals surface area contributed by atoms with Crippen LogP contribution in [0.1, 0.15) is 16.7 Å². The second-order valence-electron chi connectivity index (χ2n) is 7.84. The Bertz CT molecular complexity index is 1320. The molecule has 176 valence electrons. The average molecular weight is 470 g/mol. The van der Waals surface area contributed by atoms with E-state index in [0.717, 1.165) is 33.5 Å². The molecule has 0 aliphatic carbocycles. The van der Waals surface area contributed by atoms with Gasteiger partial charge in [-0.1, -0.05) is 42.5 Å². The first kappa shape index (κ1) is 23.7. The lowest BCUT2D eigenvalue weighted by Gasteiger charge is -2.12. The number of nitrogens with zero attached hydrogens (tertiary/aromatic N) is 1. The van der Waals surface area contributed by atoms with Crippen LogP contribution in [0.2, 0.25) is 0 Å². The lowest BCUT2D eigenvalue weighted by atomic mass is 9.96. The average Bonchev–Trinajstić information content (AvgIpc) is 2.87. The van der Waals surface area contributed by atoms with Crippen LogP contribution in [-0.2, 0) is 4.79 Å². The van der Waals surface area contributed by atoms with Crippen molar-refractivity contribution in [3.05, 3.63) is 120 Å². The number of halogens is 1. The van der Waals surface area contributed by atoms with Gasteiger partial charge < -0.3 is 14.6 Å². The Morgan fingerprint density at radius 3 is 2.29 bits per heavy atom. The molecule has 0 saturated carbocycles. The Hall–Kier alpha value is -4.45. The Balaban J connectivity index is 1.54. The van der Waals surface area contributed by atoms with Crippen LogP contribution < -0.4 is 9.47 Å². The van der Waals surface area contributed by atoms with E-state index in [-0.39, 0.29) is 12.4 Å². The van der Waals surface area contributed by atoms with E-state index >= 15 is 0 Å². The summed E-state index contributed by atoms with van der Waals surface area (Å²) < 4.78 is 24.7. The fraction of sp³-hybridized carbons (Fsp3) is 0.103. The molecule has 0 atom stereocenters. The van der Waals surface area contributed by atoms with Gasteiger partial charge in [0.05, 0.1) is 5.69 Å². The molecule has 1 heterocycles. The van der Waals surface area contributed by atoms with Gasteiger partial charge in [-0.15, -0.1) is 0 Å². The summed E-state index contributed by atoms with van der Waals surface area (Å²) in [7, 11) is 0. The molecule has 0 radical (unpaired) electrons. The predicted octanol–water partition coefficient (Wildman–Crippen LogP) is 6.17. The van der Waals surface area contributed by atoms with E-state index in [1.165, 1.54) is 12.1 Å². The number of ether oxygens (including phenoxy) is 2. The molecule has 0 aliphatic heterocycles. The predicted molar refractivity (Wildman–Crippen MR) is 133 cm³/mol. The van der Waals surface area contributed by atoms with E-state index in [9.17, 15) is 9.18 Å². The molecule has 5 nitrogen and oxygen atoms in total. The number of aromatic nitrogens is 1. The molecule has 0 unspecified atom stereocenters. The maximum Gasteiger partial charge on any atom is 0.341 e. The van der Waals surface area contributed by atoms with Crippen LogP contribution in [-0.4, -0.2) is 29.3 Å². The minimum absolute atomic E-state index is 0.281. The Morgan fingerprint density at radius 2 is 1.66 bits per heavy atom. The molecule has 4 aromatic rings. The van der Waals surface area contributed by atoms with Crippen LogP contribution in [0.3, 0.4) is 0 Å². The monoisotopic (exact) mass is 469 g/mol. The number of pyridine rings is 1. The zero-order valence-corrected chi connectivity index (χ0v) is 19.1. The third kappa shape index (κ3) is 6.32. The molecule has 0 fully saturated rings. The SMILES string of the molecule is Cc1cc(OC/C=C(/c2ccc(F)cc2)c2ccc(-c3ccccn3)cc2)ccc1OCC(=O)O. The minimum Gasteiger partial charge on any atom is -0.489 e. The number of carboxylic acids is 1. The molecule has 3 aromatic carbocycles. The van der Waals surface area contributed by atoms with Gasteiger partial charge >= 0.3 is 5.97 Å². The molecule has 0 amide bonds. The van der Waals surface area contributed by atoms with Gasteiger partial charge in [0.15, 0.2) is 6.61 Å². The maximum absolute atomic E-state index is 13.5. The molecule has 35 heavy (non-hydrogen) atoms. The van der Waals surface area contributed by atoms with Crippen molar-refractivity contribution in [2.75, 3.05) is 13.2 Å². The number of rotatable bonds is 9. The number of hydrogen-bond donors (Lipinski definition) is 1. The largest absolute Gasteiger partial charge is 0.489 e. The smallest absolute Gasteiger partial charge is 0.341 e. The lowest BCUT2D eigenvalue weighted by Crippen LogP contribution is -2.10. The highest BCUT2D eigenvalue weighted by Crippen LogP contribution is 2.27. The van der Waals surface area contributed by atoms with E-state index in [0.29, 0.717) is 11.5 Å². The van der Waals surface area contributed by atoms with Gasteiger partial charge in [-0.2, -0.15) is 0 Å². The lowest BCUT2D eigenvalue weighted by molar-refractivity contribution is -0.139. The van der Waals surface area contributed by atoms with E-state index in [1.807, 2.05) is 55.5 Å². The van der Waals surface area contributed by atoms with Crippen molar-refractivity contribution in [3.63, 3.8) is 0 Å². The zero-order valence-electron chi connectivity index (χ0n) is 19.1. The fourth-order valence-corrected chi connectivity index (χ4v) is 3.62. The molecule has 0 bridgehead atoms. The highest BCUT2D eigenvalue weighted by Gasteiger charge is 2.08. The van der Waals surface area contributed by atoms with Gasteiger partial charge in [0.2, 0.25) is 0 Å². The number of benzene rings is 3. The van der Waals surface area contributed by atoms with Crippen molar-refractivity contribution in [2.45, 2.75) is 6.92 Å². The molecule has 4 rings (SSSR count). The quantitative estimate of drug-likeness (QED) is 0.317. The van der Waals surface area contributed by atoms with Crippen LogP contribution in [0, 0.1) is 12.7 Å². The summed E-state index contributed by atoms with van der Waals surface area (Å²) in [4.78, 5) is 15.1. The summed E-state index contributed by atoms with van der Waals surface area (Å²) in [5, 5.41) is 8.78. The first-order valence-corrected chi connectivity index (χ1v) is 11.1. The van der Waals surface area contributed by atoms with Crippen molar-refractivity contribution in [3.8, 4) is 22.8 Å². The van der Waals surface area contributed by atoms with Crippen LogP contribution in [0.4, 0.5) is 4.39 Å². The van der Waals surface area contributed by atoms with Crippen molar-refractivity contribution >= 4 is 11.5 Å². The van der Waals surface area contributed by atoms with Gasteiger partial charge in [-0.05, 0) is 77.7 Å². The third-order valence-corrected chi connectivity index (χ3v) is 5.35. The number of carboxylic acid groups (broad SMARTS) is 1.